The molecule has 1 rings (SSSR count). The predicted octanol–water partition coefficient (Wildman–Crippen LogP) is 3.02. The molecule has 0 unspecified atom stereocenters. The molecule has 20 heavy (non-hydrogen) atoms. The summed E-state index contributed by atoms with van der Waals surface area (Å²) in [5.41, 5.74) is 1.70. The van der Waals surface area contributed by atoms with Crippen molar-refractivity contribution in [1.29, 1.82) is 0 Å². The van der Waals surface area contributed by atoms with Gasteiger partial charge in [0.25, 0.3) is 0 Å². The van der Waals surface area contributed by atoms with Crippen LogP contribution in [0.4, 0.5) is 5.69 Å². The lowest BCUT2D eigenvalue weighted by molar-refractivity contribution is -0.141. The molecule has 0 aliphatic carbocycles. The van der Waals surface area contributed by atoms with Gasteiger partial charge in [0.1, 0.15) is 12.2 Å². The van der Waals surface area contributed by atoms with E-state index in [2.05, 4.69) is 4.99 Å². The van der Waals surface area contributed by atoms with Gasteiger partial charge in [-0.1, -0.05) is 6.07 Å². The molecule has 0 N–H and O–H groups in total. The standard InChI is InChI=1S/C15H21NO4/c1-5-19-14(10-15(17)20-6-2)16-12-8-7-11(3)13(9-12)18-4/h7-9H,5-6,10H2,1-4H3/b16-14+. The summed E-state index contributed by atoms with van der Waals surface area (Å²) in [6, 6.07) is 5.56. The van der Waals surface area contributed by atoms with Crippen molar-refractivity contribution in [2.24, 2.45) is 4.99 Å². The molecule has 0 saturated carbocycles. The molecule has 0 amide bonds. The molecule has 0 aliphatic heterocycles. The van der Waals surface area contributed by atoms with Gasteiger partial charge in [0.2, 0.25) is 0 Å². The van der Waals surface area contributed by atoms with Gasteiger partial charge in [-0.3, -0.25) is 4.79 Å². The third kappa shape index (κ3) is 4.91. The zero-order chi connectivity index (χ0) is 15.0. The number of aliphatic imine (C=N–C) groups is 1. The number of aryl methyl sites for hydroxylation is 1. The van der Waals surface area contributed by atoms with Gasteiger partial charge in [-0.05, 0) is 32.4 Å². The summed E-state index contributed by atoms with van der Waals surface area (Å²) in [5.74, 6) is 0.744. The highest BCUT2D eigenvalue weighted by Gasteiger charge is 2.10. The van der Waals surface area contributed by atoms with Crippen LogP contribution in [-0.4, -0.2) is 32.2 Å². The van der Waals surface area contributed by atoms with E-state index >= 15 is 0 Å². The first kappa shape index (κ1) is 16.0. The predicted molar refractivity (Wildman–Crippen MR) is 77.7 cm³/mol. The molecule has 0 spiro atoms. The van der Waals surface area contributed by atoms with Crippen LogP contribution in [0.25, 0.3) is 0 Å². The Bertz CT molecular complexity index is 483. The Morgan fingerprint density at radius 1 is 1.20 bits per heavy atom. The van der Waals surface area contributed by atoms with Gasteiger partial charge in [0.05, 0.1) is 26.0 Å². The van der Waals surface area contributed by atoms with E-state index in [0.29, 0.717) is 24.8 Å². The maximum absolute atomic E-state index is 11.5. The number of methoxy groups -OCH3 is 1. The second-order valence-corrected chi connectivity index (χ2v) is 4.07. The molecule has 5 heteroatoms. The molecule has 0 fully saturated rings. The fourth-order valence-corrected chi connectivity index (χ4v) is 1.65. The molecule has 0 saturated heterocycles. The minimum absolute atomic E-state index is 0.0257. The lowest BCUT2D eigenvalue weighted by Gasteiger charge is -2.09. The molecular formula is C15H21NO4. The van der Waals surface area contributed by atoms with Crippen LogP contribution in [-0.2, 0) is 14.3 Å². The summed E-state index contributed by atoms with van der Waals surface area (Å²) in [6.07, 6.45) is 0.0257. The highest BCUT2D eigenvalue weighted by Crippen LogP contribution is 2.24. The van der Waals surface area contributed by atoms with Gasteiger partial charge in [0.15, 0.2) is 5.90 Å². The number of rotatable bonds is 6. The van der Waals surface area contributed by atoms with Crippen molar-refractivity contribution in [1.82, 2.24) is 0 Å². The van der Waals surface area contributed by atoms with Crippen LogP contribution in [0, 0.1) is 6.92 Å². The molecular weight excluding hydrogens is 258 g/mol. The fraction of sp³-hybridized carbons (Fsp3) is 0.467. The number of esters is 1. The summed E-state index contributed by atoms with van der Waals surface area (Å²) in [4.78, 5) is 15.8. The van der Waals surface area contributed by atoms with Gasteiger partial charge < -0.3 is 14.2 Å². The van der Waals surface area contributed by atoms with Crippen LogP contribution in [0.5, 0.6) is 5.75 Å². The summed E-state index contributed by atoms with van der Waals surface area (Å²) in [7, 11) is 1.61. The van der Waals surface area contributed by atoms with Crippen LogP contribution < -0.4 is 4.74 Å². The number of benzene rings is 1. The Kier molecular flexibility index (Phi) is 6.56. The van der Waals surface area contributed by atoms with E-state index in [0.717, 1.165) is 11.3 Å². The third-order valence-electron chi connectivity index (χ3n) is 2.56. The van der Waals surface area contributed by atoms with E-state index < -0.39 is 0 Å². The number of carbonyl (C=O) groups is 1. The average molecular weight is 279 g/mol. The van der Waals surface area contributed by atoms with E-state index in [1.54, 1.807) is 20.1 Å². The second-order valence-electron chi connectivity index (χ2n) is 4.07. The largest absolute Gasteiger partial charge is 0.496 e. The monoisotopic (exact) mass is 279 g/mol. The molecule has 1 aromatic rings. The fourth-order valence-electron chi connectivity index (χ4n) is 1.65. The molecule has 0 bridgehead atoms. The van der Waals surface area contributed by atoms with Crippen LogP contribution in [0.1, 0.15) is 25.8 Å². The zero-order valence-electron chi connectivity index (χ0n) is 12.4. The maximum atomic E-state index is 11.5. The Morgan fingerprint density at radius 2 is 1.90 bits per heavy atom. The zero-order valence-corrected chi connectivity index (χ0v) is 12.4. The minimum atomic E-state index is -0.348. The Hall–Kier alpha value is -2.04. The van der Waals surface area contributed by atoms with E-state index in [1.807, 2.05) is 26.0 Å². The summed E-state index contributed by atoms with van der Waals surface area (Å²) in [6.45, 7) is 6.35. The quantitative estimate of drug-likeness (QED) is 0.456. The number of hydrogen-bond acceptors (Lipinski definition) is 5. The van der Waals surface area contributed by atoms with Gasteiger partial charge in [-0.15, -0.1) is 0 Å². The third-order valence-corrected chi connectivity index (χ3v) is 2.56. The molecule has 0 aromatic heterocycles. The smallest absolute Gasteiger partial charge is 0.315 e. The van der Waals surface area contributed by atoms with Crippen molar-refractivity contribution in [3.05, 3.63) is 23.8 Å². The van der Waals surface area contributed by atoms with Crippen molar-refractivity contribution in [2.75, 3.05) is 20.3 Å². The Labute approximate surface area is 119 Å². The first-order valence-corrected chi connectivity index (χ1v) is 6.61. The van der Waals surface area contributed by atoms with E-state index in [4.69, 9.17) is 14.2 Å². The SMILES string of the molecule is CCOC(=O)C/C(=N\c1ccc(C)c(OC)c1)OCC. The van der Waals surface area contributed by atoms with Crippen molar-refractivity contribution < 1.29 is 19.0 Å². The van der Waals surface area contributed by atoms with E-state index in [1.165, 1.54) is 0 Å². The highest BCUT2D eigenvalue weighted by molar-refractivity contribution is 5.95. The lowest BCUT2D eigenvalue weighted by atomic mass is 10.2. The van der Waals surface area contributed by atoms with Gasteiger partial charge in [-0.2, -0.15) is 0 Å². The average Bonchev–Trinajstić information content (AvgIpc) is 2.41. The molecule has 1 aromatic carbocycles. The van der Waals surface area contributed by atoms with Crippen LogP contribution in [0.15, 0.2) is 23.2 Å². The second kappa shape index (κ2) is 8.19. The Morgan fingerprint density at radius 3 is 2.50 bits per heavy atom. The summed E-state index contributed by atoms with van der Waals surface area (Å²) in [5, 5.41) is 0. The summed E-state index contributed by atoms with van der Waals surface area (Å²) < 4.78 is 15.5. The van der Waals surface area contributed by atoms with Crippen molar-refractivity contribution >= 4 is 17.6 Å². The molecule has 0 atom stereocenters. The van der Waals surface area contributed by atoms with Gasteiger partial charge in [-0.25, -0.2) is 4.99 Å². The van der Waals surface area contributed by atoms with Crippen LogP contribution >= 0.6 is 0 Å². The Balaban J connectivity index is 2.92. The van der Waals surface area contributed by atoms with E-state index in [9.17, 15) is 4.79 Å². The number of hydrogen-bond donors (Lipinski definition) is 0. The first-order chi connectivity index (χ1) is 9.60. The molecule has 0 radical (unpaired) electrons. The van der Waals surface area contributed by atoms with Crippen LogP contribution in [0.3, 0.4) is 0 Å². The molecule has 110 valence electrons. The number of ether oxygens (including phenoxy) is 3. The van der Waals surface area contributed by atoms with Crippen molar-refractivity contribution in [3.63, 3.8) is 0 Å². The maximum Gasteiger partial charge on any atom is 0.315 e. The number of carbonyl (C=O) groups excluding carboxylic acids is 1. The topological polar surface area (TPSA) is 57.1 Å². The summed E-state index contributed by atoms with van der Waals surface area (Å²) >= 11 is 0. The van der Waals surface area contributed by atoms with Crippen molar-refractivity contribution in [2.45, 2.75) is 27.2 Å². The molecule has 5 nitrogen and oxygen atoms in total. The first-order valence-electron chi connectivity index (χ1n) is 6.61. The highest BCUT2D eigenvalue weighted by atomic mass is 16.5. The van der Waals surface area contributed by atoms with E-state index in [-0.39, 0.29) is 12.4 Å². The van der Waals surface area contributed by atoms with Crippen molar-refractivity contribution in [3.8, 4) is 5.75 Å². The minimum Gasteiger partial charge on any atom is -0.496 e. The van der Waals surface area contributed by atoms with Gasteiger partial charge >= 0.3 is 5.97 Å². The molecule has 0 aliphatic rings. The van der Waals surface area contributed by atoms with Gasteiger partial charge in [0, 0.05) is 6.07 Å². The van der Waals surface area contributed by atoms with Crippen LogP contribution in [0.2, 0.25) is 0 Å². The normalized spacial score (nSPS) is 11.1. The lowest BCUT2D eigenvalue weighted by Crippen LogP contribution is -2.14. The molecule has 0 heterocycles. The number of nitrogens with zero attached hydrogens (tertiary/aromatic N) is 1.